The van der Waals surface area contributed by atoms with Crippen LogP contribution in [0.25, 0.3) is 0 Å². The van der Waals surface area contributed by atoms with Crippen LogP contribution in [0, 0.1) is 17.8 Å². The van der Waals surface area contributed by atoms with Crippen molar-refractivity contribution >= 4 is 5.78 Å². The summed E-state index contributed by atoms with van der Waals surface area (Å²) in [6, 6.07) is 9.56. The molecule has 1 N–H and O–H groups in total. The van der Waals surface area contributed by atoms with Crippen LogP contribution in [-0.2, 0) is 4.79 Å². The van der Waals surface area contributed by atoms with E-state index in [0.717, 1.165) is 24.8 Å². The quantitative estimate of drug-likeness (QED) is 0.824. The smallest absolute Gasteiger partial charge is 0.139 e. The van der Waals surface area contributed by atoms with Gasteiger partial charge in [0.2, 0.25) is 0 Å². The van der Waals surface area contributed by atoms with Crippen LogP contribution in [0.15, 0.2) is 42.5 Å². The van der Waals surface area contributed by atoms with Gasteiger partial charge in [-0.05, 0) is 36.7 Å². The molecule has 0 radical (unpaired) electrons. The topological polar surface area (TPSA) is 37.3 Å². The highest BCUT2D eigenvalue weighted by Crippen LogP contribution is 2.47. The summed E-state index contributed by atoms with van der Waals surface area (Å²) in [7, 11) is 0. The molecule has 2 saturated carbocycles. The molecule has 0 saturated heterocycles. The Labute approximate surface area is 114 Å². The molecule has 2 aliphatic carbocycles. The minimum absolute atomic E-state index is 0.240. The van der Waals surface area contributed by atoms with Crippen molar-refractivity contribution in [3.8, 4) is 0 Å². The molecule has 0 spiro atoms. The van der Waals surface area contributed by atoms with Gasteiger partial charge >= 0.3 is 0 Å². The van der Waals surface area contributed by atoms with Gasteiger partial charge in [0.05, 0.1) is 12.0 Å². The van der Waals surface area contributed by atoms with E-state index in [2.05, 4.69) is 6.58 Å². The highest BCUT2D eigenvalue weighted by Gasteiger charge is 2.43. The predicted molar refractivity (Wildman–Crippen MR) is 74.5 cm³/mol. The van der Waals surface area contributed by atoms with Crippen molar-refractivity contribution < 1.29 is 9.90 Å². The number of aliphatic hydroxyl groups is 1. The third-order valence-electron chi connectivity index (χ3n) is 4.62. The monoisotopic (exact) mass is 256 g/mol. The van der Waals surface area contributed by atoms with Crippen LogP contribution in [-0.4, -0.2) is 10.9 Å². The fourth-order valence-corrected chi connectivity index (χ4v) is 3.86. The van der Waals surface area contributed by atoms with Gasteiger partial charge < -0.3 is 5.11 Å². The van der Waals surface area contributed by atoms with E-state index in [1.165, 1.54) is 5.57 Å². The largest absolute Gasteiger partial charge is 0.388 e. The van der Waals surface area contributed by atoms with Crippen LogP contribution in [0.2, 0.25) is 0 Å². The molecule has 2 nitrogen and oxygen atoms in total. The molecule has 2 heteroatoms. The van der Waals surface area contributed by atoms with Gasteiger partial charge in [0.15, 0.2) is 0 Å². The second-order valence-electron chi connectivity index (χ2n) is 6.07. The summed E-state index contributed by atoms with van der Waals surface area (Å²) in [6.45, 7) is 4.10. The molecule has 0 unspecified atom stereocenters. The maximum Gasteiger partial charge on any atom is 0.139 e. The summed E-state index contributed by atoms with van der Waals surface area (Å²) in [5.41, 5.74) is 2.11. The Morgan fingerprint density at radius 3 is 2.63 bits per heavy atom. The number of carbonyl (C=O) groups excluding carboxylic acids is 1. The number of allylic oxidation sites excluding steroid dienone is 1. The van der Waals surface area contributed by atoms with Gasteiger partial charge in [-0.2, -0.15) is 0 Å². The van der Waals surface area contributed by atoms with Crippen molar-refractivity contribution in [2.45, 2.75) is 31.8 Å². The average Bonchev–Trinajstić information content (AvgIpc) is 2.38. The number of fused-ring (bicyclic) bond motifs is 2. The number of benzene rings is 1. The number of aliphatic hydroxyl groups excluding tert-OH is 1. The van der Waals surface area contributed by atoms with Crippen molar-refractivity contribution in [2.75, 3.05) is 0 Å². The third kappa shape index (κ3) is 2.37. The zero-order valence-corrected chi connectivity index (χ0v) is 11.1. The summed E-state index contributed by atoms with van der Waals surface area (Å²) in [5, 5.41) is 10.6. The van der Waals surface area contributed by atoms with E-state index in [1.54, 1.807) is 0 Å². The van der Waals surface area contributed by atoms with Crippen molar-refractivity contribution in [3.05, 3.63) is 48.0 Å². The number of rotatable bonds is 2. The van der Waals surface area contributed by atoms with Crippen LogP contribution in [0.1, 0.15) is 37.4 Å². The second-order valence-corrected chi connectivity index (χ2v) is 6.07. The first-order valence-electron chi connectivity index (χ1n) is 7.07. The lowest BCUT2D eigenvalue weighted by Crippen LogP contribution is -2.39. The summed E-state index contributed by atoms with van der Waals surface area (Å²) in [5.74, 6) is 0.751. The minimum atomic E-state index is -0.662. The Hall–Kier alpha value is -1.41. The SMILES string of the molecule is C=C1C[C@H]2CC(=O)[C@H]([C@@H](O)c3ccccc3)[C@@H](C1)C2. The van der Waals surface area contributed by atoms with E-state index >= 15 is 0 Å². The molecule has 3 rings (SSSR count). The fraction of sp³-hybridized carbons (Fsp3) is 0.471. The van der Waals surface area contributed by atoms with Crippen molar-refractivity contribution in [2.24, 2.45) is 17.8 Å². The molecule has 19 heavy (non-hydrogen) atoms. The number of carbonyl (C=O) groups is 1. The maximum absolute atomic E-state index is 12.3. The number of ketones is 1. The zero-order valence-electron chi connectivity index (χ0n) is 11.1. The highest BCUT2D eigenvalue weighted by molar-refractivity contribution is 5.83. The summed E-state index contributed by atoms with van der Waals surface area (Å²) in [6.07, 6.45) is 2.92. The standard InChI is InChI=1S/C17H20O2/c1-11-7-12-9-14(8-11)16(15(18)10-12)17(19)13-5-3-2-4-6-13/h2-6,12,14,16-17,19H,1,7-10H2/t12-,14+,16-,17+/m1/s1. The molecule has 2 fully saturated rings. The highest BCUT2D eigenvalue weighted by atomic mass is 16.3. The maximum atomic E-state index is 12.3. The molecular weight excluding hydrogens is 236 g/mol. The summed E-state index contributed by atoms with van der Waals surface area (Å²) >= 11 is 0. The molecule has 0 aromatic heterocycles. The van der Waals surface area contributed by atoms with Crippen LogP contribution < -0.4 is 0 Å². The molecule has 0 amide bonds. The lowest BCUT2D eigenvalue weighted by molar-refractivity contribution is -0.134. The lowest BCUT2D eigenvalue weighted by Gasteiger charge is -2.42. The number of hydrogen-bond acceptors (Lipinski definition) is 2. The molecule has 0 aliphatic heterocycles. The molecular formula is C17H20O2. The van der Waals surface area contributed by atoms with Gasteiger partial charge in [-0.15, -0.1) is 0 Å². The first-order valence-corrected chi connectivity index (χ1v) is 7.07. The van der Waals surface area contributed by atoms with E-state index in [1.807, 2.05) is 30.3 Å². The fourth-order valence-electron chi connectivity index (χ4n) is 3.86. The zero-order chi connectivity index (χ0) is 13.4. The first kappa shape index (κ1) is 12.6. The molecule has 2 aliphatic rings. The van der Waals surface area contributed by atoms with Crippen molar-refractivity contribution in [1.82, 2.24) is 0 Å². The van der Waals surface area contributed by atoms with Gasteiger partial charge in [-0.25, -0.2) is 0 Å². The Balaban J connectivity index is 1.86. The van der Waals surface area contributed by atoms with E-state index in [0.29, 0.717) is 12.3 Å². The molecule has 0 heterocycles. The van der Waals surface area contributed by atoms with Crippen molar-refractivity contribution in [3.63, 3.8) is 0 Å². The summed E-state index contributed by atoms with van der Waals surface area (Å²) < 4.78 is 0. The number of Topliss-reactive ketones (excluding diaryl/α,β-unsaturated/α-hetero) is 1. The van der Waals surface area contributed by atoms with Gasteiger partial charge in [0.1, 0.15) is 5.78 Å². The van der Waals surface area contributed by atoms with E-state index < -0.39 is 6.10 Å². The van der Waals surface area contributed by atoms with Gasteiger partial charge in [-0.3, -0.25) is 4.79 Å². The third-order valence-corrected chi connectivity index (χ3v) is 4.62. The van der Waals surface area contributed by atoms with Gasteiger partial charge in [-0.1, -0.05) is 42.5 Å². The van der Waals surface area contributed by atoms with E-state index in [4.69, 9.17) is 0 Å². The van der Waals surface area contributed by atoms with E-state index in [9.17, 15) is 9.90 Å². The second kappa shape index (κ2) is 4.93. The Bertz CT molecular complexity index is 491. The molecule has 2 bridgehead atoms. The Morgan fingerprint density at radius 1 is 1.16 bits per heavy atom. The first-order chi connectivity index (χ1) is 9.15. The van der Waals surface area contributed by atoms with Gasteiger partial charge in [0, 0.05) is 6.42 Å². The van der Waals surface area contributed by atoms with Crippen LogP contribution >= 0.6 is 0 Å². The number of hydrogen-bond donors (Lipinski definition) is 1. The Kier molecular flexibility index (Phi) is 3.28. The molecule has 100 valence electrons. The van der Waals surface area contributed by atoms with Crippen LogP contribution in [0.4, 0.5) is 0 Å². The normalized spacial score (nSPS) is 32.2. The van der Waals surface area contributed by atoms with E-state index in [-0.39, 0.29) is 17.6 Å². The minimum Gasteiger partial charge on any atom is -0.388 e. The average molecular weight is 256 g/mol. The molecule has 4 atom stereocenters. The predicted octanol–water partition coefficient (Wildman–Crippen LogP) is 3.28. The van der Waals surface area contributed by atoms with Crippen LogP contribution in [0.3, 0.4) is 0 Å². The summed E-state index contributed by atoms with van der Waals surface area (Å²) in [4.78, 5) is 12.3. The Morgan fingerprint density at radius 2 is 1.89 bits per heavy atom. The van der Waals surface area contributed by atoms with Crippen molar-refractivity contribution in [1.29, 1.82) is 0 Å². The lowest BCUT2D eigenvalue weighted by atomic mass is 9.63. The molecule has 1 aromatic rings. The molecule has 1 aromatic carbocycles. The van der Waals surface area contributed by atoms with Gasteiger partial charge in [0.25, 0.3) is 0 Å². The van der Waals surface area contributed by atoms with Crippen LogP contribution in [0.5, 0.6) is 0 Å².